The van der Waals surface area contributed by atoms with E-state index in [1.54, 1.807) is 6.92 Å². The number of rotatable bonds is 3. The Morgan fingerprint density at radius 2 is 1.81 bits per heavy atom. The Morgan fingerprint density at radius 1 is 1.15 bits per heavy atom. The molecule has 0 bridgehead atoms. The standard InChI is InChI=1S/C17H12F6N2S/c1-3-10-12(17(21,22)23)8-25-15(14(10)24)11-6-5-9(16(18,19)20)7-13(11)26-4-2/h1,5-8H,4,24H2,2H3. The highest BCUT2D eigenvalue weighted by atomic mass is 32.2. The fourth-order valence-electron chi connectivity index (χ4n) is 2.28. The van der Waals surface area contributed by atoms with E-state index < -0.39 is 34.7 Å². The molecule has 1 heterocycles. The number of terminal acetylenes is 1. The van der Waals surface area contributed by atoms with Crippen LogP contribution in [0.1, 0.15) is 23.6 Å². The van der Waals surface area contributed by atoms with Crippen molar-refractivity contribution in [2.24, 2.45) is 0 Å². The Balaban J connectivity index is 2.71. The number of aromatic nitrogens is 1. The van der Waals surface area contributed by atoms with Crippen LogP contribution in [-0.4, -0.2) is 10.7 Å². The zero-order valence-corrected chi connectivity index (χ0v) is 14.1. The van der Waals surface area contributed by atoms with Gasteiger partial charge in [-0.15, -0.1) is 18.2 Å². The smallest absolute Gasteiger partial charge is 0.396 e. The summed E-state index contributed by atoms with van der Waals surface area (Å²) in [6, 6.07) is 2.87. The van der Waals surface area contributed by atoms with Crippen LogP contribution in [0.5, 0.6) is 0 Å². The Bertz CT molecular complexity index is 865. The normalized spacial score (nSPS) is 12.1. The summed E-state index contributed by atoms with van der Waals surface area (Å²) in [4.78, 5) is 3.92. The van der Waals surface area contributed by atoms with Gasteiger partial charge < -0.3 is 5.73 Å². The van der Waals surface area contributed by atoms with Gasteiger partial charge in [0.1, 0.15) is 0 Å². The summed E-state index contributed by atoms with van der Waals surface area (Å²) in [5.41, 5.74) is 2.84. The van der Waals surface area contributed by atoms with Crippen molar-refractivity contribution in [1.82, 2.24) is 4.98 Å². The lowest BCUT2D eigenvalue weighted by molar-refractivity contribution is -0.138. The van der Waals surface area contributed by atoms with Gasteiger partial charge in [-0.1, -0.05) is 18.9 Å². The molecule has 0 amide bonds. The lowest BCUT2D eigenvalue weighted by Crippen LogP contribution is -2.12. The van der Waals surface area contributed by atoms with E-state index in [9.17, 15) is 26.3 Å². The lowest BCUT2D eigenvalue weighted by Gasteiger charge is -2.17. The van der Waals surface area contributed by atoms with E-state index in [1.165, 1.54) is 0 Å². The molecule has 9 heteroatoms. The number of halogens is 6. The molecule has 0 aliphatic heterocycles. The van der Waals surface area contributed by atoms with Crippen LogP contribution in [0.15, 0.2) is 29.3 Å². The third-order valence-electron chi connectivity index (χ3n) is 3.43. The summed E-state index contributed by atoms with van der Waals surface area (Å²) >= 11 is 1.09. The number of thioether (sulfide) groups is 1. The molecule has 0 saturated carbocycles. The van der Waals surface area contributed by atoms with Gasteiger partial charge in [0.2, 0.25) is 0 Å². The molecule has 2 rings (SSSR count). The Hall–Kier alpha value is -2.34. The average molecular weight is 390 g/mol. The Morgan fingerprint density at radius 3 is 2.31 bits per heavy atom. The minimum atomic E-state index is -4.75. The van der Waals surface area contributed by atoms with E-state index in [4.69, 9.17) is 12.2 Å². The molecule has 0 fully saturated rings. The minimum absolute atomic E-state index is 0.0874. The zero-order chi connectivity index (χ0) is 19.7. The fraction of sp³-hybridized carbons (Fsp3) is 0.235. The van der Waals surface area contributed by atoms with Crippen LogP contribution in [0.4, 0.5) is 32.0 Å². The van der Waals surface area contributed by atoms with Gasteiger partial charge >= 0.3 is 12.4 Å². The third kappa shape index (κ3) is 3.90. The van der Waals surface area contributed by atoms with E-state index in [0.29, 0.717) is 11.9 Å². The van der Waals surface area contributed by atoms with Crippen molar-refractivity contribution < 1.29 is 26.3 Å². The predicted octanol–water partition coefficient (Wildman–Crippen LogP) is 5.46. The molecule has 0 saturated heterocycles. The molecule has 0 radical (unpaired) electrons. The second kappa shape index (κ2) is 7.11. The zero-order valence-electron chi connectivity index (χ0n) is 13.3. The second-order valence-electron chi connectivity index (χ2n) is 5.09. The molecule has 138 valence electrons. The van der Waals surface area contributed by atoms with Gasteiger partial charge in [0, 0.05) is 16.7 Å². The predicted molar refractivity (Wildman–Crippen MR) is 88.4 cm³/mol. The summed E-state index contributed by atoms with van der Waals surface area (Å²) in [5, 5.41) is 0. The molecule has 0 aliphatic carbocycles. The quantitative estimate of drug-likeness (QED) is 0.430. The van der Waals surface area contributed by atoms with Gasteiger partial charge in [-0.05, 0) is 17.9 Å². The number of nitrogens with zero attached hydrogens (tertiary/aromatic N) is 1. The minimum Gasteiger partial charge on any atom is -0.396 e. The van der Waals surface area contributed by atoms with Crippen molar-refractivity contribution in [2.45, 2.75) is 24.2 Å². The molecule has 0 aliphatic rings. The van der Waals surface area contributed by atoms with Gasteiger partial charge in [0.15, 0.2) is 0 Å². The first-order valence-corrected chi connectivity index (χ1v) is 8.16. The highest BCUT2D eigenvalue weighted by molar-refractivity contribution is 7.99. The molecule has 0 unspecified atom stereocenters. The van der Waals surface area contributed by atoms with Gasteiger partial charge in [-0.25, -0.2) is 0 Å². The van der Waals surface area contributed by atoms with Crippen LogP contribution in [0.25, 0.3) is 11.3 Å². The molecule has 26 heavy (non-hydrogen) atoms. The van der Waals surface area contributed by atoms with Crippen LogP contribution < -0.4 is 5.73 Å². The van der Waals surface area contributed by atoms with Crippen LogP contribution in [0.2, 0.25) is 0 Å². The maximum atomic E-state index is 13.0. The number of pyridine rings is 1. The third-order valence-corrected chi connectivity index (χ3v) is 4.37. The van der Waals surface area contributed by atoms with Crippen molar-refractivity contribution >= 4 is 17.4 Å². The SMILES string of the molecule is C#Cc1c(C(F)(F)F)cnc(-c2ccc(C(F)(F)F)cc2SCC)c1N. The van der Waals surface area contributed by atoms with Gasteiger partial charge in [0.25, 0.3) is 0 Å². The number of nitrogens with two attached hydrogens (primary N) is 1. The maximum absolute atomic E-state index is 13.0. The maximum Gasteiger partial charge on any atom is 0.419 e. The summed E-state index contributed by atoms with van der Waals surface area (Å²) in [6.07, 6.45) is -3.60. The molecule has 2 N–H and O–H groups in total. The van der Waals surface area contributed by atoms with E-state index in [2.05, 4.69) is 4.98 Å². The molecule has 0 atom stereocenters. The second-order valence-corrected chi connectivity index (χ2v) is 6.40. The lowest BCUT2D eigenvalue weighted by atomic mass is 10.0. The number of hydrogen-bond acceptors (Lipinski definition) is 3. The summed E-state index contributed by atoms with van der Waals surface area (Å²) < 4.78 is 77.8. The summed E-state index contributed by atoms with van der Waals surface area (Å²) in [7, 11) is 0. The van der Waals surface area contributed by atoms with Crippen molar-refractivity contribution in [3.8, 4) is 23.6 Å². The van der Waals surface area contributed by atoms with E-state index in [0.717, 1.165) is 30.0 Å². The van der Waals surface area contributed by atoms with E-state index in [-0.39, 0.29) is 16.2 Å². The monoisotopic (exact) mass is 390 g/mol. The van der Waals surface area contributed by atoms with Crippen LogP contribution in [-0.2, 0) is 12.4 Å². The fourth-order valence-corrected chi connectivity index (χ4v) is 3.12. The Kier molecular flexibility index (Phi) is 5.47. The van der Waals surface area contributed by atoms with Crippen LogP contribution in [0, 0.1) is 12.3 Å². The van der Waals surface area contributed by atoms with Crippen molar-refractivity contribution in [3.63, 3.8) is 0 Å². The Labute approximate surface area is 149 Å². The van der Waals surface area contributed by atoms with Crippen LogP contribution in [0.3, 0.4) is 0 Å². The van der Waals surface area contributed by atoms with Crippen molar-refractivity contribution in [2.75, 3.05) is 11.5 Å². The number of alkyl halides is 6. The molecular weight excluding hydrogens is 378 g/mol. The van der Waals surface area contributed by atoms with Crippen LogP contribution >= 0.6 is 11.8 Å². The number of nitrogen functional groups attached to an aromatic ring is 1. The molecule has 1 aromatic heterocycles. The van der Waals surface area contributed by atoms with E-state index >= 15 is 0 Å². The number of hydrogen-bond donors (Lipinski definition) is 1. The first-order chi connectivity index (χ1) is 12.0. The summed E-state index contributed by atoms with van der Waals surface area (Å²) in [6.45, 7) is 1.73. The molecular formula is C17H12F6N2S. The highest BCUT2D eigenvalue weighted by Gasteiger charge is 2.36. The van der Waals surface area contributed by atoms with Gasteiger partial charge in [-0.3, -0.25) is 4.98 Å². The number of benzene rings is 1. The molecule has 0 spiro atoms. The molecule has 2 aromatic rings. The number of anilines is 1. The van der Waals surface area contributed by atoms with Gasteiger partial charge in [0.05, 0.1) is 28.1 Å². The van der Waals surface area contributed by atoms with E-state index in [1.807, 2.05) is 5.92 Å². The molecule has 2 nitrogen and oxygen atoms in total. The molecule has 1 aromatic carbocycles. The first kappa shape index (κ1) is 20.0. The first-order valence-electron chi connectivity index (χ1n) is 7.17. The highest BCUT2D eigenvalue weighted by Crippen LogP contribution is 2.41. The van der Waals surface area contributed by atoms with Gasteiger partial charge in [-0.2, -0.15) is 26.3 Å². The topological polar surface area (TPSA) is 38.9 Å². The van der Waals surface area contributed by atoms with Crippen molar-refractivity contribution in [3.05, 3.63) is 41.1 Å². The summed E-state index contributed by atoms with van der Waals surface area (Å²) in [5.74, 6) is 2.34. The average Bonchev–Trinajstić information content (AvgIpc) is 2.53. The largest absolute Gasteiger partial charge is 0.419 e. The van der Waals surface area contributed by atoms with Crippen molar-refractivity contribution in [1.29, 1.82) is 0 Å².